The molecule has 1 heterocycles. The van der Waals surface area contributed by atoms with E-state index in [1.807, 2.05) is 37.3 Å². The Labute approximate surface area is 169 Å². The van der Waals surface area contributed by atoms with Crippen LogP contribution in [0.1, 0.15) is 18.1 Å². The van der Waals surface area contributed by atoms with Gasteiger partial charge in [0.15, 0.2) is 0 Å². The molecule has 0 N–H and O–H groups in total. The molecule has 26 heavy (non-hydrogen) atoms. The van der Waals surface area contributed by atoms with Gasteiger partial charge in [0.05, 0.1) is 18.1 Å². The van der Waals surface area contributed by atoms with E-state index in [2.05, 4.69) is 15.9 Å². The molecular formula is C19H15BrClNO3S. The number of benzene rings is 2. The first kappa shape index (κ1) is 19.0. The summed E-state index contributed by atoms with van der Waals surface area (Å²) in [6.45, 7) is 2.55. The van der Waals surface area contributed by atoms with Gasteiger partial charge in [-0.25, -0.2) is 0 Å². The van der Waals surface area contributed by atoms with Gasteiger partial charge in [0.2, 0.25) is 0 Å². The molecule has 2 amide bonds. The van der Waals surface area contributed by atoms with Gasteiger partial charge in [0.1, 0.15) is 5.75 Å². The van der Waals surface area contributed by atoms with E-state index in [-0.39, 0.29) is 17.7 Å². The zero-order valence-corrected chi connectivity index (χ0v) is 17.0. The summed E-state index contributed by atoms with van der Waals surface area (Å²) in [5, 5.41) is 0.218. The molecule has 2 aromatic carbocycles. The number of nitrogens with zero attached hydrogens (tertiary/aromatic N) is 1. The van der Waals surface area contributed by atoms with Crippen LogP contribution in [0.25, 0.3) is 6.08 Å². The fraction of sp³-hybridized carbons (Fsp3) is 0.158. The quantitative estimate of drug-likeness (QED) is 0.543. The van der Waals surface area contributed by atoms with Crippen LogP contribution < -0.4 is 4.74 Å². The lowest BCUT2D eigenvalue weighted by atomic mass is 10.1. The minimum atomic E-state index is -0.331. The van der Waals surface area contributed by atoms with Crippen molar-refractivity contribution in [2.24, 2.45) is 0 Å². The van der Waals surface area contributed by atoms with E-state index < -0.39 is 0 Å². The van der Waals surface area contributed by atoms with Gasteiger partial charge in [-0.2, -0.15) is 0 Å². The van der Waals surface area contributed by atoms with E-state index in [0.29, 0.717) is 22.3 Å². The third-order valence-corrected chi connectivity index (χ3v) is 5.49. The zero-order valence-electron chi connectivity index (χ0n) is 13.9. The molecule has 1 fully saturated rings. The maximum absolute atomic E-state index is 12.7. The molecule has 1 aliphatic heterocycles. The summed E-state index contributed by atoms with van der Waals surface area (Å²) in [5.74, 6) is 0.330. The van der Waals surface area contributed by atoms with Gasteiger partial charge >= 0.3 is 0 Å². The highest BCUT2D eigenvalue weighted by molar-refractivity contribution is 9.10. The third kappa shape index (κ3) is 4.14. The molecule has 0 bridgehead atoms. The molecular weight excluding hydrogens is 438 g/mol. The Hall–Kier alpha value is -1.76. The molecule has 7 heteroatoms. The number of carbonyl (C=O) groups is 2. The van der Waals surface area contributed by atoms with Crippen LogP contribution in [0.3, 0.4) is 0 Å². The van der Waals surface area contributed by atoms with Crippen LogP contribution in [0.5, 0.6) is 5.75 Å². The zero-order chi connectivity index (χ0) is 18.7. The maximum atomic E-state index is 12.7. The summed E-state index contributed by atoms with van der Waals surface area (Å²) in [4.78, 5) is 26.6. The predicted octanol–water partition coefficient (Wildman–Crippen LogP) is 5.74. The van der Waals surface area contributed by atoms with Crippen molar-refractivity contribution in [3.05, 3.63) is 68.0 Å². The van der Waals surface area contributed by atoms with Crippen molar-refractivity contribution in [1.82, 2.24) is 4.90 Å². The van der Waals surface area contributed by atoms with E-state index in [9.17, 15) is 9.59 Å². The molecule has 4 nitrogen and oxygen atoms in total. The molecule has 0 aliphatic carbocycles. The van der Waals surface area contributed by atoms with Crippen LogP contribution >= 0.6 is 39.3 Å². The molecule has 3 rings (SSSR count). The molecule has 0 radical (unpaired) electrons. The number of carbonyl (C=O) groups excluding carboxylic acids is 2. The Morgan fingerprint density at radius 2 is 2.00 bits per heavy atom. The normalized spacial score (nSPS) is 15.8. The molecule has 1 saturated heterocycles. The van der Waals surface area contributed by atoms with Crippen LogP contribution in [-0.2, 0) is 11.3 Å². The van der Waals surface area contributed by atoms with Gasteiger partial charge in [-0.15, -0.1) is 0 Å². The number of thioether (sulfide) groups is 1. The second kappa shape index (κ2) is 8.29. The first-order chi connectivity index (χ1) is 12.5. The van der Waals surface area contributed by atoms with Crippen LogP contribution in [0, 0.1) is 0 Å². The van der Waals surface area contributed by atoms with E-state index in [1.54, 1.807) is 18.2 Å². The lowest BCUT2D eigenvalue weighted by molar-refractivity contribution is -0.123. The van der Waals surface area contributed by atoms with Crippen molar-refractivity contribution in [1.29, 1.82) is 0 Å². The molecule has 0 unspecified atom stereocenters. The number of hydrogen-bond donors (Lipinski definition) is 0. The summed E-state index contributed by atoms with van der Waals surface area (Å²) in [5.41, 5.74) is 1.47. The molecule has 0 saturated carbocycles. The third-order valence-electron chi connectivity index (χ3n) is 3.72. The molecule has 2 aromatic rings. The summed E-state index contributed by atoms with van der Waals surface area (Å²) >= 11 is 10.5. The number of imide groups is 1. The molecule has 0 atom stereocenters. The first-order valence-corrected chi connectivity index (χ1v) is 9.89. The number of rotatable bonds is 5. The summed E-state index contributed by atoms with van der Waals surface area (Å²) in [7, 11) is 0. The van der Waals surface area contributed by atoms with Crippen LogP contribution in [0.15, 0.2) is 51.8 Å². The van der Waals surface area contributed by atoms with Gasteiger partial charge in [-0.1, -0.05) is 45.7 Å². The maximum Gasteiger partial charge on any atom is 0.293 e. The van der Waals surface area contributed by atoms with Crippen molar-refractivity contribution in [3.8, 4) is 5.75 Å². The minimum Gasteiger partial charge on any atom is -0.493 e. The highest BCUT2D eigenvalue weighted by Crippen LogP contribution is 2.36. The van der Waals surface area contributed by atoms with Gasteiger partial charge in [-0.05, 0) is 54.6 Å². The number of hydrogen-bond acceptors (Lipinski definition) is 4. The van der Waals surface area contributed by atoms with Crippen molar-refractivity contribution in [2.45, 2.75) is 13.5 Å². The highest BCUT2D eigenvalue weighted by atomic mass is 79.9. The van der Waals surface area contributed by atoms with E-state index >= 15 is 0 Å². The Morgan fingerprint density at radius 3 is 2.73 bits per heavy atom. The fourth-order valence-electron chi connectivity index (χ4n) is 2.49. The second-order valence-electron chi connectivity index (χ2n) is 5.47. The molecule has 134 valence electrons. The largest absolute Gasteiger partial charge is 0.493 e. The molecule has 0 spiro atoms. The van der Waals surface area contributed by atoms with Crippen LogP contribution in [0.2, 0.25) is 5.02 Å². The van der Waals surface area contributed by atoms with E-state index in [0.717, 1.165) is 27.4 Å². The Bertz CT molecular complexity index is 900. The highest BCUT2D eigenvalue weighted by Gasteiger charge is 2.35. The van der Waals surface area contributed by atoms with Crippen molar-refractivity contribution >= 4 is 56.5 Å². The topological polar surface area (TPSA) is 46.6 Å². The van der Waals surface area contributed by atoms with Crippen molar-refractivity contribution < 1.29 is 14.3 Å². The standard InChI is InChI=1S/C19H15BrClNO3S/c1-2-25-16-8-7-14(20)9-13(16)10-17-18(23)22(19(24)26-17)11-12-5-3-4-6-15(12)21/h3-10H,2,11H2,1H3/b17-10+. The van der Waals surface area contributed by atoms with Gasteiger partial charge in [-0.3, -0.25) is 14.5 Å². The van der Waals surface area contributed by atoms with E-state index in [1.165, 1.54) is 4.90 Å². The van der Waals surface area contributed by atoms with Crippen LogP contribution in [-0.4, -0.2) is 22.7 Å². The lowest BCUT2D eigenvalue weighted by Crippen LogP contribution is -2.27. The summed E-state index contributed by atoms with van der Waals surface area (Å²) < 4.78 is 6.46. The number of halogens is 2. The number of ether oxygens (including phenoxy) is 1. The SMILES string of the molecule is CCOc1ccc(Br)cc1/C=C1/SC(=O)N(Cc2ccccc2Cl)C1=O. The average Bonchev–Trinajstić information content (AvgIpc) is 2.87. The lowest BCUT2D eigenvalue weighted by Gasteiger charge is -2.13. The summed E-state index contributed by atoms with van der Waals surface area (Å²) in [6.07, 6.45) is 1.69. The van der Waals surface area contributed by atoms with Crippen molar-refractivity contribution in [2.75, 3.05) is 6.61 Å². The van der Waals surface area contributed by atoms with Gasteiger partial charge in [0.25, 0.3) is 11.1 Å². The van der Waals surface area contributed by atoms with Gasteiger partial charge < -0.3 is 4.74 Å². The predicted molar refractivity (Wildman–Crippen MR) is 108 cm³/mol. The smallest absolute Gasteiger partial charge is 0.293 e. The number of amides is 2. The Morgan fingerprint density at radius 1 is 1.23 bits per heavy atom. The Balaban J connectivity index is 1.88. The van der Waals surface area contributed by atoms with E-state index in [4.69, 9.17) is 16.3 Å². The first-order valence-electron chi connectivity index (χ1n) is 7.90. The summed E-state index contributed by atoms with van der Waals surface area (Å²) in [6, 6.07) is 12.7. The van der Waals surface area contributed by atoms with Crippen molar-refractivity contribution in [3.63, 3.8) is 0 Å². The fourth-order valence-corrected chi connectivity index (χ4v) is 3.90. The Kier molecular flexibility index (Phi) is 6.06. The monoisotopic (exact) mass is 451 g/mol. The average molecular weight is 453 g/mol. The second-order valence-corrected chi connectivity index (χ2v) is 7.79. The minimum absolute atomic E-state index is 0.151. The van der Waals surface area contributed by atoms with Crippen LogP contribution in [0.4, 0.5) is 4.79 Å². The molecule has 0 aromatic heterocycles. The molecule has 1 aliphatic rings. The van der Waals surface area contributed by atoms with Gasteiger partial charge in [0, 0.05) is 15.1 Å².